The molecule has 0 unspecified atom stereocenters. The van der Waals surface area contributed by atoms with Gasteiger partial charge in [-0.05, 0) is 42.5 Å². The van der Waals surface area contributed by atoms with Crippen molar-refractivity contribution in [1.82, 2.24) is 4.57 Å². The standard InChI is InChI=1S/C25H19N3/c1-27-20-13-7-5-11-18(20)24-22(27)15-16-23-25(24)26-19-12-6-8-14-21(19)28(23)17-9-3-2-4-10-17/h2-16,26H,1H3. The second-order valence-electron chi connectivity index (χ2n) is 7.24. The van der Waals surface area contributed by atoms with Crippen molar-refractivity contribution in [2.75, 3.05) is 10.2 Å². The molecule has 1 aliphatic heterocycles. The van der Waals surface area contributed by atoms with Crippen molar-refractivity contribution in [1.29, 1.82) is 0 Å². The van der Waals surface area contributed by atoms with Gasteiger partial charge in [-0.3, -0.25) is 0 Å². The normalized spacial score (nSPS) is 12.7. The smallest absolute Gasteiger partial charge is 0.0731 e. The first kappa shape index (κ1) is 15.3. The zero-order valence-corrected chi connectivity index (χ0v) is 15.6. The summed E-state index contributed by atoms with van der Waals surface area (Å²) in [4.78, 5) is 2.35. The van der Waals surface area contributed by atoms with E-state index in [1.165, 1.54) is 33.2 Å². The molecule has 6 rings (SSSR count). The van der Waals surface area contributed by atoms with Gasteiger partial charge in [0.2, 0.25) is 0 Å². The van der Waals surface area contributed by atoms with E-state index in [0.29, 0.717) is 0 Å². The van der Waals surface area contributed by atoms with Crippen LogP contribution in [0.15, 0.2) is 91.0 Å². The first-order valence-corrected chi connectivity index (χ1v) is 9.54. The van der Waals surface area contributed by atoms with Crippen LogP contribution < -0.4 is 10.2 Å². The lowest BCUT2D eigenvalue weighted by Gasteiger charge is -2.34. The second-order valence-corrected chi connectivity index (χ2v) is 7.24. The van der Waals surface area contributed by atoms with Gasteiger partial charge in [-0.1, -0.05) is 48.5 Å². The Balaban J connectivity index is 1.74. The van der Waals surface area contributed by atoms with E-state index in [4.69, 9.17) is 0 Å². The fourth-order valence-corrected chi connectivity index (χ4v) is 4.45. The SMILES string of the molecule is Cn1c2ccccc2c2c3c(ccc21)N(c1ccccc1)c1ccccc1N3. The van der Waals surface area contributed by atoms with Crippen LogP contribution in [-0.4, -0.2) is 4.57 Å². The summed E-state index contributed by atoms with van der Waals surface area (Å²) >= 11 is 0. The van der Waals surface area contributed by atoms with Gasteiger partial charge >= 0.3 is 0 Å². The average molecular weight is 361 g/mol. The van der Waals surface area contributed by atoms with E-state index in [-0.39, 0.29) is 0 Å². The van der Waals surface area contributed by atoms with E-state index in [1.54, 1.807) is 0 Å². The first-order valence-electron chi connectivity index (χ1n) is 9.54. The summed E-state index contributed by atoms with van der Waals surface area (Å²) in [5, 5.41) is 6.28. The van der Waals surface area contributed by atoms with Gasteiger partial charge in [-0.2, -0.15) is 0 Å². The number of nitrogens with one attached hydrogen (secondary N) is 1. The van der Waals surface area contributed by atoms with E-state index in [1.807, 2.05) is 0 Å². The molecule has 0 saturated carbocycles. The van der Waals surface area contributed by atoms with Crippen LogP contribution in [0.1, 0.15) is 0 Å². The molecule has 0 atom stereocenters. The molecule has 3 nitrogen and oxygen atoms in total. The van der Waals surface area contributed by atoms with Crippen molar-refractivity contribution < 1.29 is 0 Å². The predicted octanol–water partition coefficient (Wildman–Crippen LogP) is 6.86. The lowest BCUT2D eigenvalue weighted by molar-refractivity contribution is 1.01. The Labute approximate surface area is 163 Å². The third-order valence-corrected chi connectivity index (χ3v) is 5.72. The van der Waals surface area contributed by atoms with Gasteiger partial charge in [-0.25, -0.2) is 0 Å². The molecule has 5 aromatic rings. The lowest BCUT2D eigenvalue weighted by Crippen LogP contribution is -2.17. The Bertz CT molecular complexity index is 1350. The van der Waals surface area contributed by atoms with Crippen LogP contribution in [0, 0.1) is 0 Å². The molecule has 0 aliphatic carbocycles. The molecule has 0 saturated heterocycles. The van der Waals surface area contributed by atoms with Crippen LogP contribution in [0.5, 0.6) is 0 Å². The predicted molar refractivity (Wildman–Crippen MR) is 118 cm³/mol. The Hall–Kier alpha value is -3.72. The molecule has 0 radical (unpaired) electrons. The van der Waals surface area contributed by atoms with Crippen LogP contribution in [0.25, 0.3) is 21.8 Å². The van der Waals surface area contributed by atoms with Gasteiger partial charge in [-0.15, -0.1) is 0 Å². The molecule has 28 heavy (non-hydrogen) atoms. The van der Waals surface area contributed by atoms with Crippen LogP contribution in [0.2, 0.25) is 0 Å². The van der Waals surface area contributed by atoms with E-state index >= 15 is 0 Å². The molecule has 0 spiro atoms. The van der Waals surface area contributed by atoms with Gasteiger partial charge in [0.25, 0.3) is 0 Å². The summed E-state index contributed by atoms with van der Waals surface area (Å²) in [5.74, 6) is 0. The molecule has 1 aromatic heterocycles. The minimum atomic E-state index is 1.12. The maximum atomic E-state index is 3.73. The number of fused-ring (bicyclic) bond motifs is 6. The van der Waals surface area contributed by atoms with Gasteiger partial charge in [0.1, 0.15) is 0 Å². The van der Waals surface area contributed by atoms with Crippen molar-refractivity contribution in [3.05, 3.63) is 91.0 Å². The number of nitrogens with zero attached hydrogens (tertiary/aromatic N) is 2. The van der Waals surface area contributed by atoms with Crippen molar-refractivity contribution >= 4 is 50.2 Å². The molecule has 1 N–H and O–H groups in total. The van der Waals surface area contributed by atoms with Crippen molar-refractivity contribution in [3.8, 4) is 0 Å². The fourth-order valence-electron chi connectivity index (χ4n) is 4.45. The zero-order valence-electron chi connectivity index (χ0n) is 15.6. The largest absolute Gasteiger partial charge is 0.352 e. The second kappa shape index (κ2) is 5.64. The average Bonchev–Trinajstić information content (AvgIpc) is 3.05. The maximum Gasteiger partial charge on any atom is 0.0731 e. The highest BCUT2D eigenvalue weighted by atomic mass is 15.2. The highest BCUT2D eigenvalue weighted by molar-refractivity contribution is 6.19. The van der Waals surface area contributed by atoms with Gasteiger partial charge in [0, 0.05) is 29.0 Å². The Kier molecular flexibility index (Phi) is 3.09. The number of benzene rings is 4. The first-order chi connectivity index (χ1) is 13.8. The molecular weight excluding hydrogens is 342 g/mol. The minimum Gasteiger partial charge on any atom is -0.352 e. The number of rotatable bonds is 1. The molecule has 0 fully saturated rings. The van der Waals surface area contributed by atoms with E-state index in [9.17, 15) is 0 Å². The number of anilines is 5. The number of aryl methyl sites for hydroxylation is 1. The van der Waals surface area contributed by atoms with E-state index in [2.05, 4.69) is 113 Å². The molecule has 0 amide bonds. The van der Waals surface area contributed by atoms with Crippen LogP contribution in [0.4, 0.5) is 28.4 Å². The maximum absolute atomic E-state index is 3.73. The molecule has 3 heteroatoms. The Morgan fingerprint density at radius 2 is 1.39 bits per heavy atom. The Morgan fingerprint density at radius 1 is 0.643 bits per heavy atom. The number of aromatic nitrogens is 1. The summed E-state index contributed by atoms with van der Waals surface area (Å²) in [5.41, 5.74) is 8.28. The monoisotopic (exact) mass is 361 g/mol. The summed E-state index contributed by atoms with van der Waals surface area (Å²) in [6.07, 6.45) is 0. The summed E-state index contributed by atoms with van der Waals surface area (Å²) in [6.45, 7) is 0. The minimum absolute atomic E-state index is 1.12. The molecule has 0 bridgehead atoms. The van der Waals surface area contributed by atoms with Crippen molar-refractivity contribution in [3.63, 3.8) is 0 Å². The van der Waals surface area contributed by atoms with Gasteiger partial charge in [0.15, 0.2) is 0 Å². The van der Waals surface area contributed by atoms with Crippen molar-refractivity contribution in [2.45, 2.75) is 0 Å². The molecular formula is C25H19N3. The number of hydrogen-bond acceptors (Lipinski definition) is 2. The summed E-state index contributed by atoms with van der Waals surface area (Å²) in [7, 11) is 2.14. The van der Waals surface area contributed by atoms with E-state index in [0.717, 1.165) is 17.1 Å². The van der Waals surface area contributed by atoms with E-state index < -0.39 is 0 Å². The van der Waals surface area contributed by atoms with Crippen LogP contribution >= 0.6 is 0 Å². The fraction of sp³-hybridized carbons (Fsp3) is 0.0400. The molecule has 2 heterocycles. The quantitative estimate of drug-likeness (QED) is 0.345. The number of hydrogen-bond donors (Lipinski definition) is 1. The van der Waals surface area contributed by atoms with Gasteiger partial charge < -0.3 is 14.8 Å². The number of para-hydroxylation sites is 4. The molecule has 1 aliphatic rings. The third kappa shape index (κ3) is 1.99. The highest BCUT2D eigenvalue weighted by Crippen LogP contribution is 2.51. The summed E-state index contributed by atoms with van der Waals surface area (Å²) < 4.78 is 2.28. The lowest BCUT2D eigenvalue weighted by atomic mass is 10.0. The topological polar surface area (TPSA) is 20.2 Å². The van der Waals surface area contributed by atoms with Crippen LogP contribution in [0.3, 0.4) is 0 Å². The Morgan fingerprint density at radius 3 is 2.29 bits per heavy atom. The molecule has 134 valence electrons. The highest BCUT2D eigenvalue weighted by Gasteiger charge is 2.26. The summed E-state index contributed by atoms with van der Waals surface area (Å²) in [6, 6.07) is 32.2. The zero-order chi connectivity index (χ0) is 18.7. The van der Waals surface area contributed by atoms with Crippen molar-refractivity contribution in [2.24, 2.45) is 7.05 Å². The van der Waals surface area contributed by atoms with Crippen LogP contribution in [-0.2, 0) is 7.05 Å². The van der Waals surface area contributed by atoms with Gasteiger partial charge in [0.05, 0.1) is 28.3 Å². The third-order valence-electron chi connectivity index (χ3n) is 5.72. The molecule has 4 aromatic carbocycles.